The summed E-state index contributed by atoms with van der Waals surface area (Å²) < 4.78 is 1.77. The lowest BCUT2D eigenvalue weighted by atomic mass is 10.2. The van der Waals surface area contributed by atoms with Crippen molar-refractivity contribution in [2.45, 2.75) is 0 Å². The maximum absolute atomic E-state index is 8.80. The van der Waals surface area contributed by atoms with Gasteiger partial charge in [0.05, 0.1) is 5.69 Å². The Labute approximate surface area is 95.4 Å². The SMILES string of the molecule is N#Cc1cc(-c2cccc3ncnn23)cs1. The molecule has 0 aliphatic heterocycles. The first kappa shape index (κ1) is 9.07. The summed E-state index contributed by atoms with van der Waals surface area (Å²) in [5, 5.41) is 14.9. The fourth-order valence-corrected chi connectivity index (χ4v) is 2.28. The average molecular weight is 226 g/mol. The van der Waals surface area contributed by atoms with Gasteiger partial charge in [0, 0.05) is 10.9 Å². The largest absolute Gasteiger partial charge is 0.215 e. The van der Waals surface area contributed by atoms with Gasteiger partial charge in [0.1, 0.15) is 17.3 Å². The highest BCUT2D eigenvalue weighted by atomic mass is 32.1. The van der Waals surface area contributed by atoms with Crippen molar-refractivity contribution in [3.05, 3.63) is 40.8 Å². The standard InChI is InChI=1S/C11H6N4S/c12-5-9-4-8(6-16-9)10-2-1-3-11-13-7-14-15(10)11/h1-4,6-7H. The first-order valence-electron chi connectivity index (χ1n) is 4.66. The third kappa shape index (κ3) is 1.28. The molecule has 4 nitrogen and oxygen atoms in total. The summed E-state index contributed by atoms with van der Waals surface area (Å²) >= 11 is 1.43. The Morgan fingerprint density at radius 2 is 2.31 bits per heavy atom. The van der Waals surface area contributed by atoms with Crippen molar-refractivity contribution in [3.63, 3.8) is 0 Å². The van der Waals surface area contributed by atoms with Gasteiger partial charge in [0.25, 0.3) is 0 Å². The van der Waals surface area contributed by atoms with Gasteiger partial charge in [-0.3, -0.25) is 0 Å². The van der Waals surface area contributed by atoms with Gasteiger partial charge in [-0.1, -0.05) is 6.07 Å². The molecule has 76 valence electrons. The van der Waals surface area contributed by atoms with E-state index in [0.29, 0.717) is 4.88 Å². The Morgan fingerprint density at radius 1 is 1.38 bits per heavy atom. The van der Waals surface area contributed by atoms with Crippen LogP contribution in [-0.4, -0.2) is 14.6 Å². The van der Waals surface area contributed by atoms with Crippen molar-refractivity contribution in [3.8, 4) is 17.3 Å². The second-order valence-electron chi connectivity index (χ2n) is 3.25. The molecule has 0 amide bonds. The van der Waals surface area contributed by atoms with Crippen LogP contribution >= 0.6 is 11.3 Å². The Hall–Kier alpha value is -2.19. The quantitative estimate of drug-likeness (QED) is 0.640. The number of nitrogens with zero attached hydrogens (tertiary/aromatic N) is 4. The molecule has 0 spiro atoms. The van der Waals surface area contributed by atoms with Crippen LogP contribution in [0.3, 0.4) is 0 Å². The van der Waals surface area contributed by atoms with Crippen molar-refractivity contribution in [1.82, 2.24) is 14.6 Å². The molecule has 3 aromatic heterocycles. The smallest absolute Gasteiger partial charge is 0.155 e. The van der Waals surface area contributed by atoms with Gasteiger partial charge in [-0.15, -0.1) is 11.3 Å². The molecule has 16 heavy (non-hydrogen) atoms. The molecule has 3 rings (SSSR count). The number of fused-ring (bicyclic) bond motifs is 1. The summed E-state index contributed by atoms with van der Waals surface area (Å²) in [5.41, 5.74) is 2.76. The van der Waals surface area contributed by atoms with E-state index in [9.17, 15) is 0 Å². The minimum atomic E-state index is 0.701. The first-order chi connectivity index (χ1) is 7.88. The lowest BCUT2D eigenvalue weighted by Crippen LogP contribution is -1.91. The number of thiophene rings is 1. The second-order valence-corrected chi connectivity index (χ2v) is 4.16. The van der Waals surface area contributed by atoms with Crippen LogP contribution in [0, 0.1) is 11.3 Å². The van der Waals surface area contributed by atoms with Crippen LogP contribution in [0.1, 0.15) is 4.88 Å². The number of hydrogen-bond acceptors (Lipinski definition) is 4. The van der Waals surface area contributed by atoms with E-state index in [1.807, 2.05) is 29.6 Å². The van der Waals surface area contributed by atoms with Gasteiger partial charge in [-0.05, 0) is 18.2 Å². The van der Waals surface area contributed by atoms with Crippen molar-refractivity contribution < 1.29 is 0 Å². The van der Waals surface area contributed by atoms with Gasteiger partial charge < -0.3 is 0 Å². The second kappa shape index (κ2) is 3.43. The molecule has 5 heteroatoms. The third-order valence-electron chi connectivity index (χ3n) is 2.31. The summed E-state index contributed by atoms with van der Waals surface area (Å²) in [4.78, 5) is 4.82. The highest BCUT2D eigenvalue weighted by molar-refractivity contribution is 7.10. The lowest BCUT2D eigenvalue weighted by Gasteiger charge is -2.00. The molecule has 0 aromatic carbocycles. The molecule has 3 heterocycles. The van der Waals surface area contributed by atoms with E-state index in [4.69, 9.17) is 5.26 Å². The molecule has 0 fully saturated rings. The highest BCUT2D eigenvalue weighted by Gasteiger charge is 2.06. The van der Waals surface area contributed by atoms with E-state index >= 15 is 0 Å². The average Bonchev–Trinajstić information content (AvgIpc) is 2.97. The van der Waals surface area contributed by atoms with E-state index in [0.717, 1.165) is 16.9 Å². The van der Waals surface area contributed by atoms with Crippen LogP contribution in [0.15, 0.2) is 36.0 Å². The fraction of sp³-hybridized carbons (Fsp3) is 0. The number of nitriles is 1. The van der Waals surface area contributed by atoms with E-state index < -0.39 is 0 Å². The van der Waals surface area contributed by atoms with Crippen molar-refractivity contribution in [1.29, 1.82) is 5.26 Å². The van der Waals surface area contributed by atoms with Crippen LogP contribution in [0.5, 0.6) is 0 Å². The zero-order chi connectivity index (χ0) is 11.0. The normalized spacial score (nSPS) is 10.4. The summed E-state index contributed by atoms with van der Waals surface area (Å²) in [6.45, 7) is 0. The van der Waals surface area contributed by atoms with Crippen molar-refractivity contribution in [2.24, 2.45) is 0 Å². The summed E-state index contributed by atoms with van der Waals surface area (Å²) in [7, 11) is 0. The number of aromatic nitrogens is 3. The molecule has 0 aliphatic rings. The Bertz CT molecular complexity index is 689. The monoisotopic (exact) mass is 226 g/mol. The van der Waals surface area contributed by atoms with Gasteiger partial charge in [0.2, 0.25) is 0 Å². The molecule has 0 saturated heterocycles. The molecule has 0 radical (unpaired) electrons. The summed E-state index contributed by atoms with van der Waals surface area (Å²) in [6, 6.07) is 9.79. The fourth-order valence-electron chi connectivity index (χ4n) is 1.59. The molecule has 3 aromatic rings. The van der Waals surface area contributed by atoms with E-state index in [-0.39, 0.29) is 0 Å². The van der Waals surface area contributed by atoms with Crippen LogP contribution in [0.4, 0.5) is 0 Å². The number of pyridine rings is 1. The molecule has 0 atom stereocenters. The van der Waals surface area contributed by atoms with E-state index in [2.05, 4.69) is 16.2 Å². The minimum Gasteiger partial charge on any atom is -0.215 e. The Morgan fingerprint density at radius 3 is 3.12 bits per heavy atom. The molecule has 0 saturated carbocycles. The number of hydrogen-bond donors (Lipinski definition) is 0. The Balaban J connectivity index is 2.26. The topological polar surface area (TPSA) is 54.0 Å². The maximum Gasteiger partial charge on any atom is 0.155 e. The van der Waals surface area contributed by atoms with Gasteiger partial charge in [-0.2, -0.15) is 10.4 Å². The highest BCUT2D eigenvalue weighted by Crippen LogP contribution is 2.25. The zero-order valence-corrected chi connectivity index (χ0v) is 8.98. The van der Waals surface area contributed by atoms with Crippen LogP contribution in [-0.2, 0) is 0 Å². The molecule has 0 unspecified atom stereocenters. The molecule has 0 N–H and O–H groups in total. The minimum absolute atomic E-state index is 0.701. The molecule has 0 bridgehead atoms. The first-order valence-corrected chi connectivity index (χ1v) is 5.54. The molecular weight excluding hydrogens is 220 g/mol. The van der Waals surface area contributed by atoms with Crippen LogP contribution < -0.4 is 0 Å². The van der Waals surface area contributed by atoms with Gasteiger partial charge in [-0.25, -0.2) is 9.50 Å². The van der Waals surface area contributed by atoms with Crippen molar-refractivity contribution in [2.75, 3.05) is 0 Å². The number of rotatable bonds is 1. The Kier molecular flexibility index (Phi) is 1.95. The molecular formula is C11H6N4S. The predicted molar refractivity (Wildman–Crippen MR) is 61.0 cm³/mol. The van der Waals surface area contributed by atoms with E-state index in [1.165, 1.54) is 17.7 Å². The van der Waals surface area contributed by atoms with Gasteiger partial charge >= 0.3 is 0 Å². The lowest BCUT2D eigenvalue weighted by molar-refractivity contribution is 0.970. The predicted octanol–water partition coefficient (Wildman–Crippen LogP) is 2.33. The van der Waals surface area contributed by atoms with Crippen LogP contribution in [0.25, 0.3) is 16.9 Å². The van der Waals surface area contributed by atoms with Gasteiger partial charge in [0.15, 0.2) is 5.65 Å². The summed E-state index contributed by atoms with van der Waals surface area (Å²) in [5.74, 6) is 0. The summed E-state index contributed by atoms with van der Waals surface area (Å²) in [6.07, 6.45) is 1.52. The third-order valence-corrected chi connectivity index (χ3v) is 3.14. The van der Waals surface area contributed by atoms with E-state index in [1.54, 1.807) is 4.52 Å². The van der Waals surface area contributed by atoms with Crippen LogP contribution in [0.2, 0.25) is 0 Å². The molecule has 0 aliphatic carbocycles. The van der Waals surface area contributed by atoms with Crippen molar-refractivity contribution >= 4 is 17.0 Å². The maximum atomic E-state index is 8.80. The zero-order valence-electron chi connectivity index (χ0n) is 8.16.